The lowest BCUT2D eigenvalue weighted by Gasteiger charge is -2.06. The summed E-state index contributed by atoms with van der Waals surface area (Å²) in [5.41, 5.74) is 3.64. The molecular weight excluding hydrogens is 392 g/mol. The largest absolute Gasteiger partial charge is 0.352 e. The molecule has 28 heavy (non-hydrogen) atoms. The minimum absolute atomic E-state index is 0.0628. The summed E-state index contributed by atoms with van der Waals surface area (Å²) in [5, 5.41) is 10.5. The third-order valence-electron chi connectivity index (χ3n) is 4.19. The second-order valence-electron chi connectivity index (χ2n) is 6.19. The molecule has 0 bridgehead atoms. The van der Waals surface area contributed by atoms with Gasteiger partial charge in [0.15, 0.2) is 0 Å². The minimum Gasteiger partial charge on any atom is -0.352 e. The van der Waals surface area contributed by atoms with Crippen molar-refractivity contribution in [2.75, 3.05) is 0 Å². The number of aromatic nitrogens is 3. The Morgan fingerprint density at radius 2 is 1.93 bits per heavy atom. The van der Waals surface area contributed by atoms with Crippen LogP contribution in [0.5, 0.6) is 0 Å². The zero-order valence-electron chi connectivity index (χ0n) is 14.9. The molecule has 0 unspecified atom stereocenters. The van der Waals surface area contributed by atoms with Crippen molar-refractivity contribution in [3.8, 4) is 16.3 Å². The van der Waals surface area contributed by atoms with Gasteiger partial charge in [-0.3, -0.25) is 4.79 Å². The molecule has 0 fully saturated rings. The van der Waals surface area contributed by atoms with Crippen molar-refractivity contribution in [2.24, 2.45) is 0 Å². The van der Waals surface area contributed by atoms with E-state index in [0.29, 0.717) is 11.6 Å². The van der Waals surface area contributed by atoms with E-state index in [1.807, 2.05) is 66.2 Å². The SMILES string of the molecule is O=C(Cc1csc(-c2ccccc2Cl)n1)NCc1ccc(-n2cccn2)cc1. The number of rotatable bonds is 6. The Morgan fingerprint density at radius 3 is 2.68 bits per heavy atom. The highest BCUT2D eigenvalue weighted by atomic mass is 35.5. The summed E-state index contributed by atoms with van der Waals surface area (Å²) in [6.45, 7) is 0.472. The Kier molecular flexibility index (Phi) is 5.50. The van der Waals surface area contributed by atoms with Gasteiger partial charge >= 0.3 is 0 Å². The average Bonchev–Trinajstić information content (AvgIpc) is 3.40. The van der Waals surface area contributed by atoms with Gasteiger partial charge < -0.3 is 5.32 Å². The molecule has 4 aromatic rings. The van der Waals surface area contributed by atoms with E-state index >= 15 is 0 Å². The lowest BCUT2D eigenvalue weighted by molar-refractivity contribution is -0.120. The van der Waals surface area contributed by atoms with Gasteiger partial charge in [-0.05, 0) is 29.8 Å². The average molecular weight is 409 g/mol. The molecule has 0 radical (unpaired) electrons. The number of halogens is 1. The number of nitrogens with zero attached hydrogens (tertiary/aromatic N) is 3. The molecule has 5 nitrogen and oxygen atoms in total. The molecule has 0 aliphatic carbocycles. The maximum absolute atomic E-state index is 12.3. The Morgan fingerprint density at radius 1 is 1.11 bits per heavy atom. The van der Waals surface area contributed by atoms with Gasteiger partial charge in [0.05, 0.1) is 22.8 Å². The van der Waals surface area contributed by atoms with Gasteiger partial charge in [-0.25, -0.2) is 9.67 Å². The highest BCUT2D eigenvalue weighted by molar-refractivity contribution is 7.13. The van der Waals surface area contributed by atoms with E-state index in [2.05, 4.69) is 15.4 Å². The van der Waals surface area contributed by atoms with Crippen LogP contribution in [0.3, 0.4) is 0 Å². The number of carbonyl (C=O) groups excluding carboxylic acids is 1. The van der Waals surface area contributed by atoms with Gasteiger partial charge in [-0.1, -0.05) is 41.9 Å². The highest BCUT2D eigenvalue weighted by Crippen LogP contribution is 2.30. The lowest BCUT2D eigenvalue weighted by atomic mass is 10.2. The van der Waals surface area contributed by atoms with E-state index in [0.717, 1.165) is 27.5 Å². The van der Waals surface area contributed by atoms with Crippen LogP contribution in [-0.4, -0.2) is 20.7 Å². The zero-order chi connectivity index (χ0) is 19.3. The predicted octanol–water partition coefficient (Wildman–Crippen LogP) is 4.51. The topological polar surface area (TPSA) is 59.8 Å². The lowest BCUT2D eigenvalue weighted by Crippen LogP contribution is -2.24. The Balaban J connectivity index is 1.33. The number of thiazole rings is 1. The van der Waals surface area contributed by atoms with E-state index in [4.69, 9.17) is 11.6 Å². The van der Waals surface area contributed by atoms with Crippen molar-refractivity contribution in [1.82, 2.24) is 20.1 Å². The Hall–Kier alpha value is -2.96. The monoisotopic (exact) mass is 408 g/mol. The third kappa shape index (κ3) is 4.30. The molecule has 7 heteroatoms. The first kappa shape index (κ1) is 18.4. The van der Waals surface area contributed by atoms with Crippen LogP contribution in [0.2, 0.25) is 5.02 Å². The zero-order valence-corrected chi connectivity index (χ0v) is 16.5. The van der Waals surface area contributed by atoms with Gasteiger partial charge in [0, 0.05) is 29.9 Å². The molecule has 0 spiro atoms. The van der Waals surface area contributed by atoms with E-state index in [-0.39, 0.29) is 12.3 Å². The number of benzene rings is 2. The number of carbonyl (C=O) groups is 1. The fourth-order valence-electron chi connectivity index (χ4n) is 2.76. The van der Waals surface area contributed by atoms with Crippen molar-refractivity contribution < 1.29 is 4.79 Å². The van der Waals surface area contributed by atoms with Crippen molar-refractivity contribution >= 4 is 28.8 Å². The quantitative estimate of drug-likeness (QED) is 0.510. The van der Waals surface area contributed by atoms with Crippen LogP contribution in [0.4, 0.5) is 0 Å². The molecule has 2 aromatic carbocycles. The Bertz CT molecular complexity index is 1070. The van der Waals surface area contributed by atoms with Gasteiger partial charge in [-0.15, -0.1) is 11.3 Å². The third-order valence-corrected chi connectivity index (χ3v) is 5.45. The summed E-state index contributed by atoms with van der Waals surface area (Å²) in [4.78, 5) is 16.8. The molecular formula is C21H17ClN4OS. The first-order valence-electron chi connectivity index (χ1n) is 8.74. The van der Waals surface area contributed by atoms with Crippen LogP contribution in [0.1, 0.15) is 11.3 Å². The molecule has 0 saturated heterocycles. The number of hydrogen-bond acceptors (Lipinski definition) is 4. The molecule has 1 N–H and O–H groups in total. The maximum Gasteiger partial charge on any atom is 0.226 e. The van der Waals surface area contributed by atoms with E-state index < -0.39 is 0 Å². The normalized spacial score (nSPS) is 10.8. The molecule has 0 atom stereocenters. The van der Waals surface area contributed by atoms with Crippen LogP contribution < -0.4 is 5.32 Å². The van der Waals surface area contributed by atoms with Gasteiger partial charge in [0.1, 0.15) is 5.01 Å². The van der Waals surface area contributed by atoms with Gasteiger partial charge in [0.25, 0.3) is 0 Å². The van der Waals surface area contributed by atoms with Crippen LogP contribution in [0.15, 0.2) is 72.4 Å². The predicted molar refractivity (Wildman–Crippen MR) is 112 cm³/mol. The maximum atomic E-state index is 12.3. The summed E-state index contributed by atoms with van der Waals surface area (Å²) in [6.07, 6.45) is 3.87. The van der Waals surface area contributed by atoms with Crippen LogP contribution in [-0.2, 0) is 17.8 Å². The fraction of sp³-hybridized carbons (Fsp3) is 0.0952. The summed E-state index contributed by atoms with van der Waals surface area (Å²) in [6, 6.07) is 17.4. The van der Waals surface area contributed by atoms with Gasteiger partial charge in [0.2, 0.25) is 5.91 Å². The first-order chi connectivity index (χ1) is 13.7. The molecule has 140 valence electrons. The van der Waals surface area contributed by atoms with E-state index in [1.165, 1.54) is 11.3 Å². The minimum atomic E-state index is -0.0628. The Labute approximate surface area is 171 Å². The molecule has 2 heterocycles. The summed E-state index contributed by atoms with van der Waals surface area (Å²) >= 11 is 7.71. The van der Waals surface area contributed by atoms with Crippen molar-refractivity contribution in [2.45, 2.75) is 13.0 Å². The van der Waals surface area contributed by atoms with Crippen molar-refractivity contribution in [1.29, 1.82) is 0 Å². The fourth-order valence-corrected chi connectivity index (χ4v) is 3.90. The van der Waals surface area contributed by atoms with E-state index in [1.54, 1.807) is 10.9 Å². The smallest absolute Gasteiger partial charge is 0.226 e. The highest BCUT2D eigenvalue weighted by Gasteiger charge is 2.11. The van der Waals surface area contributed by atoms with E-state index in [9.17, 15) is 4.79 Å². The number of hydrogen-bond donors (Lipinski definition) is 1. The number of nitrogens with one attached hydrogen (secondary N) is 1. The summed E-state index contributed by atoms with van der Waals surface area (Å²) in [7, 11) is 0. The number of amides is 1. The van der Waals surface area contributed by atoms with Crippen LogP contribution >= 0.6 is 22.9 Å². The van der Waals surface area contributed by atoms with Gasteiger partial charge in [-0.2, -0.15) is 5.10 Å². The second-order valence-corrected chi connectivity index (χ2v) is 7.46. The molecule has 0 aliphatic rings. The van der Waals surface area contributed by atoms with Crippen molar-refractivity contribution in [3.63, 3.8) is 0 Å². The molecule has 0 aliphatic heterocycles. The summed E-state index contributed by atoms with van der Waals surface area (Å²) in [5.74, 6) is -0.0628. The standard InChI is InChI=1S/C21H17ClN4OS/c22-19-5-2-1-4-18(19)21-25-16(14-28-21)12-20(27)23-13-15-6-8-17(9-7-15)26-11-3-10-24-26/h1-11,14H,12-13H2,(H,23,27). The summed E-state index contributed by atoms with van der Waals surface area (Å²) < 4.78 is 1.79. The van der Waals surface area contributed by atoms with Crippen molar-refractivity contribution in [3.05, 3.63) is 88.7 Å². The van der Waals surface area contributed by atoms with Crippen LogP contribution in [0, 0.1) is 0 Å². The molecule has 2 aromatic heterocycles. The molecule has 0 saturated carbocycles. The first-order valence-corrected chi connectivity index (χ1v) is 10.00. The van der Waals surface area contributed by atoms with Crippen LogP contribution in [0.25, 0.3) is 16.3 Å². The molecule has 1 amide bonds. The second kappa shape index (κ2) is 8.37. The molecule has 4 rings (SSSR count).